The lowest BCUT2D eigenvalue weighted by Gasteiger charge is -2.36. The summed E-state index contributed by atoms with van der Waals surface area (Å²) in [6.45, 7) is 6.94. The van der Waals surface area contributed by atoms with Crippen LogP contribution in [0.25, 0.3) is 0 Å². The second-order valence-corrected chi connectivity index (χ2v) is 4.48. The lowest BCUT2D eigenvalue weighted by atomic mass is 9.89. The van der Waals surface area contributed by atoms with Crippen LogP contribution in [0.3, 0.4) is 0 Å². The predicted molar refractivity (Wildman–Crippen MR) is 65.8 cm³/mol. The van der Waals surface area contributed by atoms with Crippen molar-refractivity contribution in [2.24, 2.45) is 0 Å². The van der Waals surface area contributed by atoms with Crippen LogP contribution >= 0.6 is 0 Å². The molecule has 0 saturated heterocycles. The van der Waals surface area contributed by atoms with E-state index in [9.17, 15) is 0 Å². The fourth-order valence-electron chi connectivity index (χ4n) is 2.11. The zero-order valence-corrected chi connectivity index (χ0v) is 10.3. The van der Waals surface area contributed by atoms with Crippen molar-refractivity contribution in [1.82, 2.24) is 4.98 Å². The monoisotopic (exact) mass is 220 g/mol. The SMILES string of the molecule is CCOC1CC(Nc2ccc(C)nc2C)C1. The molecule has 0 aromatic carbocycles. The largest absolute Gasteiger partial charge is 0.381 e. The van der Waals surface area contributed by atoms with E-state index in [0.29, 0.717) is 12.1 Å². The Balaban J connectivity index is 1.87. The molecule has 1 aromatic rings. The van der Waals surface area contributed by atoms with Crippen molar-refractivity contribution in [2.75, 3.05) is 11.9 Å². The molecular weight excluding hydrogens is 200 g/mol. The summed E-state index contributed by atoms with van der Waals surface area (Å²) < 4.78 is 5.54. The van der Waals surface area contributed by atoms with Gasteiger partial charge in [-0.1, -0.05) is 0 Å². The van der Waals surface area contributed by atoms with E-state index in [1.54, 1.807) is 0 Å². The molecule has 0 spiro atoms. The Morgan fingerprint density at radius 3 is 2.75 bits per heavy atom. The Labute approximate surface area is 97.2 Å². The maximum absolute atomic E-state index is 5.54. The maximum Gasteiger partial charge on any atom is 0.0614 e. The number of anilines is 1. The molecule has 3 nitrogen and oxygen atoms in total. The van der Waals surface area contributed by atoms with Crippen LogP contribution in [0.4, 0.5) is 5.69 Å². The third kappa shape index (κ3) is 2.53. The highest BCUT2D eigenvalue weighted by molar-refractivity contribution is 5.48. The van der Waals surface area contributed by atoms with Crippen molar-refractivity contribution >= 4 is 5.69 Å². The van der Waals surface area contributed by atoms with Crippen molar-refractivity contribution in [2.45, 2.75) is 45.8 Å². The standard InChI is InChI=1S/C13H20N2O/c1-4-16-12-7-11(8-12)15-13-6-5-9(2)14-10(13)3/h5-6,11-12,15H,4,7-8H2,1-3H3. The molecule has 1 N–H and O–H groups in total. The highest BCUT2D eigenvalue weighted by Gasteiger charge is 2.29. The molecule has 1 saturated carbocycles. The van der Waals surface area contributed by atoms with Crippen molar-refractivity contribution in [3.05, 3.63) is 23.5 Å². The summed E-state index contributed by atoms with van der Waals surface area (Å²) in [5.41, 5.74) is 3.31. The van der Waals surface area contributed by atoms with Gasteiger partial charge < -0.3 is 10.1 Å². The van der Waals surface area contributed by atoms with Crippen LogP contribution in [0.15, 0.2) is 12.1 Å². The van der Waals surface area contributed by atoms with Gasteiger partial charge in [-0.2, -0.15) is 0 Å². The topological polar surface area (TPSA) is 34.1 Å². The highest BCUT2D eigenvalue weighted by Crippen LogP contribution is 2.27. The van der Waals surface area contributed by atoms with Gasteiger partial charge in [-0.15, -0.1) is 0 Å². The van der Waals surface area contributed by atoms with Crippen LogP contribution in [0.5, 0.6) is 0 Å². The second-order valence-electron chi connectivity index (χ2n) is 4.48. The summed E-state index contributed by atoms with van der Waals surface area (Å²) in [7, 11) is 0. The van der Waals surface area contributed by atoms with Crippen LogP contribution in [-0.4, -0.2) is 23.7 Å². The Hall–Kier alpha value is -1.09. The number of aromatic nitrogens is 1. The highest BCUT2D eigenvalue weighted by atomic mass is 16.5. The first-order valence-electron chi connectivity index (χ1n) is 6.01. The molecule has 1 heterocycles. The first kappa shape index (κ1) is 11.4. The number of hydrogen-bond donors (Lipinski definition) is 1. The zero-order chi connectivity index (χ0) is 11.5. The van der Waals surface area contributed by atoms with Crippen molar-refractivity contribution < 1.29 is 4.74 Å². The average molecular weight is 220 g/mol. The van der Waals surface area contributed by atoms with Crippen LogP contribution in [0, 0.1) is 13.8 Å². The molecule has 0 amide bonds. The zero-order valence-electron chi connectivity index (χ0n) is 10.3. The first-order chi connectivity index (χ1) is 7.69. The number of ether oxygens (including phenoxy) is 1. The van der Waals surface area contributed by atoms with E-state index < -0.39 is 0 Å². The third-order valence-electron chi connectivity index (χ3n) is 3.08. The molecule has 88 valence electrons. The Bertz CT molecular complexity index is 359. The van der Waals surface area contributed by atoms with Gasteiger partial charge in [0.15, 0.2) is 0 Å². The van der Waals surface area contributed by atoms with Crippen molar-refractivity contribution in [3.63, 3.8) is 0 Å². The third-order valence-corrected chi connectivity index (χ3v) is 3.08. The van der Waals surface area contributed by atoms with Gasteiger partial charge in [0.25, 0.3) is 0 Å². The van der Waals surface area contributed by atoms with Gasteiger partial charge in [0, 0.05) is 18.3 Å². The fourth-order valence-corrected chi connectivity index (χ4v) is 2.11. The van der Waals surface area contributed by atoms with Crippen LogP contribution in [0.1, 0.15) is 31.2 Å². The molecule has 3 heteroatoms. The van der Waals surface area contributed by atoms with Gasteiger partial charge >= 0.3 is 0 Å². The van der Waals surface area contributed by atoms with Crippen LogP contribution in [-0.2, 0) is 4.74 Å². The van der Waals surface area contributed by atoms with Gasteiger partial charge in [-0.3, -0.25) is 4.98 Å². The van der Waals surface area contributed by atoms with Crippen LogP contribution < -0.4 is 5.32 Å². The summed E-state index contributed by atoms with van der Waals surface area (Å²) in [6.07, 6.45) is 2.68. The second kappa shape index (κ2) is 4.83. The molecular formula is C13H20N2O. The average Bonchev–Trinajstić information content (AvgIpc) is 2.18. The predicted octanol–water partition coefficient (Wildman–Crippen LogP) is 2.68. The summed E-state index contributed by atoms with van der Waals surface area (Å²) in [5, 5.41) is 3.52. The van der Waals surface area contributed by atoms with Gasteiger partial charge in [-0.25, -0.2) is 0 Å². The summed E-state index contributed by atoms with van der Waals surface area (Å²) in [4.78, 5) is 4.45. The van der Waals surface area contributed by atoms with E-state index in [0.717, 1.165) is 36.5 Å². The van der Waals surface area contributed by atoms with Gasteiger partial charge in [-0.05, 0) is 45.7 Å². The number of nitrogens with one attached hydrogen (secondary N) is 1. The van der Waals surface area contributed by atoms with E-state index in [-0.39, 0.29) is 0 Å². The van der Waals surface area contributed by atoms with Gasteiger partial charge in [0.1, 0.15) is 0 Å². The summed E-state index contributed by atoms with van der Waals surface area (Å²) in [6, 6.07) is 4.72. The molecule has 0 unspecified atom stereocenters. The molecule has 1 aromatic heterocycles. The first-order valence-corrected chi connectivity index (χ1v) is 6.01. The number of aryl methyl sites for hydroxylation is 2. The minimum atomic E-state index is 0.459. The summed E-state index contributed by atoms with van der Waals surface area (Å²) >= 11 is 0. The number of hydrogen-bond acceptors (Lipinski definition) is 3. The van der Waals surface area contributed by atoms with Gasteiger partial charge in [0.2, 0.25) is 0 Å². The lowest BCUT2D eigenvalue weighted by Crippen LogP contribution is -2.41. The molecule has 16 heavy (non-hydrogen) atoms. The van der Waals surface area contributed by atoms with E-state index in [4.69, 9.17) is 4.74 Å². The quantitative estimate of drug-likeness (QED) is 0.847. The molecule has 1 aliphatic carbocycles. The van der Waals surface area contributed by atoms with Crippen molar-refractivity contribution in [3.8, 4) is 0 Å². The number of nitrogens with zero attached hydrogens (tertiary/aromatic N) is 1. The van der Waals surface area contributed by atoms with Crippen LogP contribution in [0.2, 0.25) is 0 Å². The van der Waals surface area contributed by atoms with Crippen molar-refractivity contribution in [1.29, 1.82) is 0 Å². The molecule has 1 fully saturated rings. The molecule has 0 atom stereocenters. The van der Waals surface area contributed by atoms with E-state index in [1.165, 1.54) is 0 Å². The Kier molecular flexibility index (Phi) is 3.44. The van der Waals surface area contributed by atoms with E-state index >= 15 is 0 Å². The minimum absolute atomic E-state index is 0.459. The molecule has 0 radical (unpaired) electrons. The maximum atomic E-state index is 5.54. The molecule has 0 bridgehead atoms. The normalized spacial score (nSPS) is 23.9. The molecule has 2 rings (SSSR count). The minimum Gasteiger partial charge on any atom is -0.381 e. The van der Waals surface area contributed by atoms with Gasteiger partial charge in [0.05, 0.1) is 17.5 Å². The molecule has 1 aliphatic rings. The number of pyridine rings is 1. The molecule has 0 aliphatic heterocycles. The van der Waals surface area contributed by atoms with E-state index in [1.807, 2.05) is 19.9 Å². The smallest absolute Gasteiger partial charge is 0.0614 e. The van der Waals surface area contributed by atoms with E-state index in [2.05, 4.69) is 23.3 Å². The summed E-state index contributed by atoms with van der Waals surface area (Å²) in [5.74, 6) is 0. The Morgan fingerprint density at radius 2 is 2.12 bits per heavy atom. The lowest BCUT2D eigenvalue weighted by molar-refractivity contribution is 0.00297. The number of rotatable bonds is 4. The Morgan fingerprint density at radius 1 is 1.38 bits per heavy atom. The fraction of sp³-hybridized carbons (Fsp3) is 0.615.